The summed E-state index contributed by atoms with van der Waals surface area (Å²) in [5.74, 6) is 0. The molecule has 0 radical (unpaired) electrons. The Morgan fingerprint density at radius 2 is 1.93 bits per heavy atom. The molecule has 86 valence electrons. The average molecular weight is 227 g/mol. The number of anilines is 1. The molecule has 1 N–H and O–H groups in total. The molecule has 15 heavy (non-hydrogen) atoms. The molecular formula is C11H21N3S. The van der Waals surface area contributed by atoms with Gasteiger partial charge < -0.3 is 10.2 Å². The van der Waals surface area contributed by atoms with Crippen LogP contribution >= 0.6 is 11.3 Å². The van der Waals surface area contributed by atoms with Crippen molar-refractivity contribution in [2.24, 2.45) is 0 Å². The van der Waals surface area contributed by atoms with E-state index in [1.165, 1.54) is 4.88 Å². The van der Waals surface area contributed by atoms with Crippen molar-refractivity contribution in [3.8, 4) is 0 Å². The summed E-state index contributed by atoms with van der Waals surface area (Å²) in [6.07, 6.45) is 0. The number of nitrogens with zero attached hydrogens (tertiary/aromatic N) is 2. The summed E-state index contributed by atoms with van der Waals surface area (Å²) in [6.45, 7) is 8.60. The number of aryl methyl sites for hydroxylation is 1. The number of hydrogen-bond acceptors (Lipinski definition) is 4. The van der Waals surface area contributed by atoms with E-state index in [2.05, 4.69) is 49.9 Å². The molecule has 1 aromatic rings. The molecule has 0 aliphatic carbocycles. The second kappa shape index (κ2) is 4.94. The first kappa shape index (κ1) is 12.5. The lowest BCUT2D eigenvalue weighted by Gasteiger charge is -2.19. The first-order valence-electron chi connectivity index (χ1n) is 5.34. The van der Waals surface area contributed by atoms with Crippen LogP contribution in [0.5, 0.6) is 0 Å². The fourth-order valence-corrected chi connectivity index (χ4v) is 2.52. The van der Waals surface area contributed by atoms with E-state index in [-0.39, 0.29) is 0 Å². The Balaban J connectivity index is 2.95. The van der Waals surface area contributed by atoms with Gasteiger partial charge in [0.15, 0.2) is 5.13 Å². The molecule has 0 bridgehead atoms. The van der Waals surface area contributed by atoms with Gasteiger partial charge in [0.25, 0.3) is 0 Å². The molecule has 4 heteroatoms. The molecule has 0 aromatic carbocycles. The van der Waals surface area contributed by atoms with Crippen LogP contribution in [0.15, 0.2) is 0 Å². The van der Waals surface area contributed by atoms with Crippen LogP contribution in [0.2, 0.25) is 0 Å². The molecule has 1 rings (SSSR count). The van der Waals surface area contributed by atoms with Crippen LogP contribution < -0.4 is 10.2 Å². The fraction of sp³-hybridized carbons (Fsp3) is 0.727. The monoisotopic (exact) mass is 227 g/mol. The second-order valence-electron chi connectivity index (χ2n) is 4.16. The zero-order chi connectivity index (χ0) is 11.6. The molecular weight excluding hydrogens is 206 g/mol. The summed E-state index contributed by atoms with van der Waals surface area (Å²) < 4.78 is 0. The summed E-state index contributed by atoms with van der Waals surface area (Å²) in [6, 6.07) is 0.880. The van der Waals surface area contributed by atoms with Crippen LogP contribution in [0.1, 0.15) is 37.4 Å². The molecule has 0 aliphatic rings. The predicted octanol–water partition coefficient (Wildman–Crippen LogP) is 2.58. The third kappa shape index (κ3) is 2.69. The molecule has 0 fully saturated rings. The summed E-state index contributed by atoms with van der Waals surface area (Å²) in [4.78, 5) is 8.15. The van der Waals surface area contributed by atoms with Crippen LogP contribution in [0.4, 0.5) is 5.13 Å². The molecule has 1 atom stereocenters. The van der Waals surface area contributed by atoms with E-state index in [4.69, 9.17) is 0 Å². The minimum Gasteiger partial charge on any atom is -0.349 e. The van der Waals surface area contributed by atoms with Crippen molar-refractivity contribution in [2.75, 3.05) is 19.0 Å². The van der Waals surface area contributed by atoms with Crippen LogP contribution in [0.25, 0.3) is 0 Å². The van der Waals surface area contributed by atoms with Gasteiger partial charge in [0.05, 0.1) is 5.69 Å². The molecule has 1 unspecified atom stereocenters. The standard InChI is InChI=1S/C11H21N3S/c1-7(2)14(6)11-13-9(4)10(15-11)8(3)12-5/h7-8,12H,1-6H3. The molecule has 0 spiro atoms. The van der Waals surface area contributed by atoms with Crippen molar-refractivity contribution in [3.63, 3.8) is 0 Å². The number of thiazole rings is 1. The number of aromatic nitrogens is 1. The Bertz CT molecular complexity index is 320. The highest BCUT2D eigenvalue weighted by Crippen LogP contribution is 2.30. The van der Waals surface area contributed by atoms with E-state index < -0.39 is 0 Å². The van der Waals surface area contributed by atoms with Gasteiger partial charge in [0.1, 0.15) is 0 Å². The maximum absolute atomic E-state index is 4.61. The summed E-state index contributed by atoms with van der Waals surface area (Å²) in [5.41, 5.74) is 1.14. The van der Waals surface area contributed by atoms with E-state index in [1.54, 1.807) is 11.3 Å². The van der Waals surface area contributed by atoms with Crippen LogP contribution in [-0.4, -0.2) is 25.1 Å². The van der Waals surface area contributed by atoms with Gasteiger partial charge in [-0.1, -0.05) is 0 Å². The highest BCUT2D eigenvalue weighted by atomic mass is 32.1. The Morgan fingerprint density at radius 3 is 2.40 bits per heavy atom. The Labute approximate surface area is 96.5 Å². The molecule has 0 amide bonds. The quantitative estimate of drug-likeness (QED) is 0.857. The van der Waals surface area contributed by atoms with Crippen LogP contribution in [0.3, 0.4) is 0 Å². The molecule has 3 nitrogen and oxygen atoms in total. The van der Waals surface area contributed by atoms with Crippen molar-refractivity contribution in [1.29, 1.82) is 0 Å². The van der Waals surface area contributed by atoms with E-state index in [0.717, 1.165) is 10.8 Å². The largest absolute Gasteiger partial charge is 0.349 e. The summed E-state index contributed by atoms with van der Waals surface area (Å²) in [7, 11) is 4.08. The zero-order valence-corrected chi connectivity index (χ0v) is 11.3. The van der Waals surface area contributed by atoms with Crippen molar-refractivity contribution >= 4 is 16.5 Å². The van der Waals surface area contributed by atoms with E-state index >= 15 is 0 Å². The van der Waals surface area contributed by atoms with Crippen molar-refractivity contribution in [2.45, 2.75) is 39.8 Å². The molecule has 1 heterocycles. The van der Waals surface area contributed by atoms with Gasteiger partial charge in [-0.2, -0.15) is 0 Å². The van der Waals surface area contributed by atoms with Gasteiger partial charge in [-0.25, -0.2) is 4.98 Å². The SMILES string of the molecule is CNC(C)c1sc(N(C)C(C)C)nc1C. The fourth-order valence-electron chi connectivity index (χ4n) is 1.30. The van der Waals surface area contributed by atoms with Crippen molar-refractivity contribution in [3.05, 3.63) is 10.6 Å². The summed E-state index contributed by atoms with van der Waals surface area (Å²) in [5, 5.41) is 4.37. The number of hydrogen-bond donors (Lipinski definition) is 1. The van der Waals surface area contributed by atoms with E-state index in [9.17, 15) is 0 Å². The summed E-state index contributed by atoms with van der Waals surface area (Å²) >= 11 is 1.78. The first-order valence-corrected chi connectivity index (χ1v) is 6.16. The molecule has 0 aliphatic heterocycles. The minimum atomic E-state index is 0.386. The van der Waals surface area contributed by atoms with Gasteiger partial charge in [-0.15, -0.1) is 11.3 Å². The lowest BCUT2D eigenvalue weighted by atomic mass is 10.2. The lowest BCUT2D eigenvalue weighted by molar-refractivity contribution is 0.658. The van der Waals surface area contributed by atoms with Crippen molar-refractivity contribution < 1.29 is 0 Å². The smallest absolute Gasteiger partial charge is 0.185 e. The molecule has 0 saturated heterocycles. The number of nitrogens with one attached hydrogen (secondary N) is 1. The highest BCUT2D eigenvalue weighted by molar-refractivity contribution is 7.15. The van der Waals surface area contributed by atoms with E-state index in [0.29, 0.717) is 12.1 Å². The Hall–Kier alpha value is -0.610. The van der Waals surface area contributed by atoms with Gasteiger partial charge in [0, 0.05) is 24.0 Å². The highest BCUT2D eigenvalue weighted by Gasteiger charge is 2.16. The minimum absolute atomic E-state index is 0.386. The lowest BCUT2D eigenvalue weighted by Crippen LogP contribution is -2.25. The predicted molar refractivity (Wildman–Crippen MR) is 67.9 cm³/mol. The first-order chi connectivity index (χ1) is 6.97. The van der Waals surface area contributed by atoms with Gasteiger partial charge in [0.2, 0.25) is 0 Å². The third-order valence-electron chi connectivity index (χ3n) is 2.72. The maximum atomic E-state index is 4.61. The third-order valence-corrected chi connectivity index (χ3v) is 4.15. The van der Waals surface area contributed by atoms with Gasteiger partial charge in [-0.05, 0) is 34.7 Å². The molecule has 1 aromatic heterocycles. The van der Waals surface area contributed by atoms with Gasteiger partial charge in [-0.3, -0.25) is 0 Å². The molecule has 0 saturated carbocycles. The topological polar surface area (TPSA) is 28.2 Å². The van der Waals surface area contributed by atoms with Crippen LogP contribution in [-0.2, 0) is 0 Å². The van der Waals surface area contributed by atoms with Gasteiger partial charge >= 0.3 is 0 Å². The van der Waals surface area contributed by atoms with E-state index in [1.807, 2.05) is 7.05 Å². The normalized spacial score (nSPS) is 13.3. The zero-order valence-electron chi connectivity index (χ0n) is 10.5. The average Bonchev–Trinajstić information content (AvgIpc) is 2.57. The maximum Gasteiger partial charge on any atom is 0.185 e. The Kier molecular flexibility index (Phi) is 4.11. The van der Waals surface area contributed by atoms with Crippen LogP contribution in [0, 0.1) is 6.92 Å². The number of rotatable bonds is 4. The van der Waals surface area contributed by atoms with Crippen molar-refractivity contribution in [1.82, 2.24) is 10.3 Å². The Morgan fingerprint density at radius 1 is 1.33 bits per heavy atom. The second-order valence-corrected chi connectivity index (χ2v) is 5.17.